The summed E-state index contributed by atoms with van der Waals surface area (Å²) >= 11 is 5.79. The normalized spacial score (nSPS) is 22.4. The predicted molar refractivity (Wildman–Crippen MR) is 140 cm³/mol. The molecule has 13 heteroatoms. The molecule has 0 spiro atoms. The van der Waals surface area contributed by atoms with Crippen molar-refractivity contribution in [1.29, 1.82) is 0 Å². The van der Waals surface area contributed by atoms with Gasteiger partial charge in [0.15, 0.2) is 11.3 Å². The first-order valence-electron chi connectivity index (χ1n) is 12.8. The number of fused-ring (bicyclic) bond motifs is 1. The van der Waals surface area contributed by atoms with E-state index in [0.29, 0.717) is 31.4 Å². The van der Waals surface area contributed by atoms with Crippen molar-refractivity contribution < 1.29 is 37.0 Å². The third-order valence-corrected chi connectivity index (χ3v) is 7.77. The van der Waals surface area contributed by atoms with Gasteiger partial charge in [0.05, 0.1) is 29.6 Å². The maximum atomic E-state index is 14.9. The molecular weight excluding hydrogens is 568 g/mol. The fraction of sp³-hybridized carbons (Fsp3) is 0.357. The van der Waals surface area contributed by atoms with Crippen LogP contribution in [0, 0.1) is 11.7 Å². The molecule has 5 rings (SSSR count). The van der Waals surface area contributed by atoms with Crippen LogP contribution in [0.5, 0.6) is 5.88 Å². The number of nitrogens with one attached hydrogen (secondary N) is 1. The quantitative estimate of drug-likeness (QED) is 0.396. The van der Waals surface area contributed by atoms with Crippen LogP contribution in [0.15, 0.2) is 48.8 Å². The van der Waals surface area contributed by atoms with Gasteiger partial charge in [-0.1, -0.05) is 29.8 Å². The summed E-state index contributed by atoms with van der Waals surface area (Å²) in [7, 11) is 1.34. The fourth-order valence-electron chi connectivity index (χ4n) is 5.53. The van der Waals surface area contributed by atoms with E-state index in [4.69, 9.17) is 16.3 Å². The van der Waals surface area contributed by atoms with Crippen LogP contribution in [-0.2, 0) is 16.6 Å². The first-order chi connectivity index (χ1) is 19.4. The van der Waals surface area contributed by atoms with Crippen LogP contribution in [0.1, 0.15) is 52.9 Å². The molecule has 2 amide bonds. The van der Waals surface area contributed by atoms with E-state index in [1.165, 1.54) is 18.1 Å². The number of amides is 2. The smallest absolute Gasteiger partial charge is 0.434 e. The molecular formula is C28H25ClF4N4O4. The summed E-state index contributed by atoms with van der Waals surface area (Å²) in [5.74, 6) is -2.50. The zero-order valence-electron chi connectivity index (χ0n) is 21.7. The van der Waals surface area contributed by atoms with Gasteiger partial charge in [0.1, 0.15) is 5.82 Å². The SMILES string of the molecule is COc1cc(C2(O)C(=O)N(CC3CCC(NC(=O)c4cc(Cl)cnc4C(F)(F)F)CC3)c3ccccc32)c(F)cn1. The van der Waals surface area contributed by atoms with E-state index in [1.807, 2.05) is 0 Å². The van der Waals surface area contributed by atoms with Gasteiger partial charge < -0.3 is 20.1 Å². The van der Waals surface area contributed by atoms with Gasteiger partial charge in [0.2, 0.25) is 5.88 Å². The van der Waals surface area contributed by atoms with Gasteiger partial charge in [0.25, 0.3) is 11.8 Å². The fourth-order valence-corrected chi connectivity index (χ4v) is 5.69. The Labute approximate surface area is 237 Å². The number of hydrogen-bond acceptors (Lipinski definition) is 6. The number of halogens is 5. The molecule has 0 bridgehead atoms. The lowest BCUT2D eigenvalue weighted by Gasteiger charge is -2.32. The molecule has 2 aliphatic rings. The number of aromatic nitrogens is 2. The third kappa shape index (κ3) is 5.33. The Morgan fingerprint density at radius 2 is 1.85 bits per heavy atom. The van der Waals surface area contributed by atoms with Crippen molar-refractivity contribution in [2.24, 2.45) is 5.92 Å². The average Bonchev–Trinajstić information content (AvgIpc) is 3.16. The second kappa shape index (κ2) is 10.9. The van der Waals surface area contributed by atoms with Crippen molar-refractivity contribution in [3.05, 3.63) is 82.0 Å². The van der Waals surface area contributed by atoms with E-state index in [0.717, 1.165) is 18.5 Å². The number of rotatable bonds is 6. The maximum Gasteiger partial charge on any atom is 0.434 e. The van der Waals surface area contributed by atoms with Gasteiger partial charge in [-0.25, -0.2) is 14.4 Å². The molecule has 2 aromatic heterocycles. The standard InChI is InChI=1S/C28H25ClF4N4O4/c1-41-23-11-20(21(30)13-34-23)27(40)19-4-2-3-5-22(19)37(26(27)39)14-15-6-8-17(9-7-15)36-25(38)18-10-16(29)12-35-24(18)28(31,32)33/h2-5,10-13,15,17,40H,6-9,14H2,1H3,(H,36,38). The Bertz CT molecular complexity index is 1500. The van der Waals surface area contributed by atoms with Crippen LogP contribution >= 0.6 is 11.6 Å². The van der Waals surface area contributed by atoms with Crippen molar-refractivity contribution >= 4 is 29.1 Å². The second-order valence-corrected chi connectivity index (χ2v) is 10.5. The number of aliphatic hydroxyl groups is 1. The molecule has 8 nitrogen and oxygen atoms in total. The lowest BCUT2D eigenvalue weighted by molar-refractivity contribution is -0.141. The minimum atomic E-state index is -4.82. The number of para-hydroxylation sites is 1. The number of methoxy groups -OCH3 is 1. The average molecular weight is 593 g/mol. The minimum absolute atomic E-state index is 0.0369. The number of benzene rings is 1. The highest BCUT2D eigenvalue weighted by Crippen LogP contribution is 2.46. The number of ether oxygens (including phenoxy) is 1. The van der Waals surface area contributed by atoms with Gasteiger partial charge in [0, 0.05) is 36.0 Å². The Morgan fingerprint density at radius 3 is 2.54 bits per heavy atom. The Hall–Kier alpha value is -3.77. The Kier molecular flexibility index (Phi) is 7.64. The van der Waals surface area contributed by atoms with Crippen LogP contribution in [0.4, 0.5) is 23.2 Å². The summed E-state index contributed by atoms with van der Waals surface area (Å²) < 4.78 is 60.0. The third-order valence-electron chi connectivity index (χ3n) is 7.56. The number of alkyl halides is 3. The van der Waals surface area contributed by atoms with Crippen molar-refractivity contribution in [2.45, 2.75) is 43.5 Å². The monoisotopic (exact) mass is 592 g/mol. The van der Waals surface area contributed by atoms with Gasteiger partial charge >= 0.3 is 6.18 Å². The Morgan fingerprint density at radius 1 is 1.15 bits per heavy atom. The molecule has 1 atom stereocenters. The lowest BCUT2D eigenvalue weighted by atomic mass is 9.85. The van der Waals surface area contributed by atoms with Crippen LogP contribution in [0.3, 0.4) is 0 Å². The molecule has 1 saturated carbocycles. The molecule has 0 saturated heterocycles. The highest BCUT2D eigenvalue weighted by molar-refractivity contribution is 6.30. The first kappa shape index (κ1) is 28.7. The summed E-state index contributed by atoms with van der Waals surface area (Å²) in [6.45, 7) is 0.221. The summed E-state index contributed by atoms with van der Waals surface area (Å²) in [6, 6.07) is 8.33. The van der Waals surface area contributed by atoms with Crippen LogP contribution in [-0.4, -0.2) is 46.6 Å². The molecule has 3 aromatic rings. The number of pyridine rings is 2. The van der Waals surface area contributed by atoms with Gasteiger partial charge in [-0.05, 0) is 43.7 Å². The molecule has 1 aliphatic heterocycles. The van der Waals surface area contributed by atoms with E-state index in [-0.39, 0.29) is 34.5 Å². The molecule has 1 aliphatic carbocycles. The number of carbonyl (C=O) groups excluding carboxylic acids is 2. The zero-order chi connectivity index (χ0) is 29.5. The molecule has 2 N–H and O–H groups in total. The van der Waals surface area contributed by atoms with Gasteiger partial charge in [-0.15, -0.1) is 0 Å². The van der Waals surface area contributed by atoms with Gasteiger partial charge in [-0.2, -0.15) is 13.2 Å². The van der Waals surface area contributed by atoms with Crippen molar-refractivity contribution in [2.75, 3.05) is 18.6 Å². The molecule has 1 aromatic carbocycles. The summed E-state index contributed by atoms with van der Waals surface area (Å²) in [4.78, 5) is 34.9. The molecule has 41 heavy (non-hydrogen) atoms. The Balaban J connectivity index is 1.29. The molecule has 3 heterocycles. The molecule has 216 valence electrons. The lowest BCUT2D eigenvalue weighted by Crippen LogP contribution is -2.45. The summed E-state index contributed by atoms with van der Waals surface area (Å²) in [6.07, 6.45) is -1.09. The maximum absolute atomic E-state index is 14.9. The highest BCUT2D eigenvalue weighted by atomic mass is 35.5. The molecule has 1 fully saturated rings. The second-order valence-electron chi connectivity index (χ2n) is 10.1. The van der Waals surface area contributed by atoms with Crippen LogP contribution in [0.2, 0.25) is 5.02 Å². The number of anilines is 1. The van der Waals surface area contributed by atoms with Crippen LogP contribution in [0.25, 0.3) is 0 Å². The summed E-state index contributed by atoms with van der Waals surface area (Å²) in [5.41, 5.74) is -3.85. The van der Waals surface area contributed by atoms with Gasteiger partial charge in [-0.3, -0.25) is 9.59 Å². The van der Waals surface area contributed by atoms with Crippen LogP contribution < -0.4 is 15.0 Å². The van der Waals surface area contributed by atoms with Crippen molar-refractivity contribution in [3.63, 3.8) is 0 Å². The van der Waals surface area contributed by atoms with E-state index < -0.39 is 46.7 Å². The number of carbonyl (C=O) groups is 2. The van der Waals surface area contributed by atoms with E-state index in [1.54, 1.807) is 24.3 Å². The minimum Gasteiger partial charge on any atom is -0.481 e. The molecule has 0 radical (unpaired) electrons. The highest BCUT2D eigenvalue weighted by Gasteiger charge is 2.53. The van der Waals surface area contributed by atoms with E-state index in [2.05, 4.69) is 15.3 Å². The first-order valence-corrected chi connectivity index (χ1v) is 13.2. The largest absolute Gasteiger partial charge is 0.481 e. The zero-order valence-corrected chi connectivity index (χ0v) is 22.5. The topological polar surface area (TPSA) is 105 Å². The summed E-state index contributed by atoms with van der Waals surface area (Å²) in [5, 5.41) is 14.2. The predicted octanol–water partition coefficient (Wildman–Crippen LogP) is 4.87. The van der Waals surface area contributed by atoms with E-state index in [9.17, 15) is 32.3 Å². The van der Waals surface area contributed by atoms with Crippen molar-refractivity contribution in [3.8, 4) is 5.88 Å². The molecule has 1 unspecified atom stereocenters. The number of hydrogen-bond donors (Lipinski definition) is 2. The van der Waals surface area contributed by atoms with Crippen molar-refractivity contribution in [1.82, 2.24) is 15.3 Å². The van der Waals surface area contributed by atoms with E-state index >= 15 is 0 Å². The number of nitrogens with zero attached hydrogens (tertiary/aromatic N) is 3.